The molecule has 0 aromatic carbocycles. The van der Waals surface area contributed by atoms with Crippen LogP contribution in [-0.2, 0) is 0 Å². The molecule has 0 N–H and O–H groups in total. The molecule has 7 heteroatoms. The first-order chi connectivity index (χ1) is 6.91. The molecule has 0 atom stereocenters. The first kappa shape index (κ1) is 11.6. The van der Waals surface area contributed by atoms with E-state index in [4.69, 9.17) is 0 Å². The predicted molar refractivity (Wildman–Crippen MR) is 56.6 cm³/mol. The maximum Gasteiger partial charge on any atom is 0.383 e. The first-order valence-corrected chi connectivity index (χ1v) is 4.79. The Bertz CT molecular complexity index is 446. The number of imidazole rings is 1. The molecule has 80 valence electrons. The van der Waals surface area contributed by atoms with E-state index in [2.05, 4.69) is 20.9 Å². The number of nitrogens with zero attached hydrogens (tertiary/aromatic N) is 3. The van der Waals surface area contributed by atoms with Crippen LogP contribution in [0, 0.1) is 10.1 Å². The number of halogens is 1. The van der Waals surface area contributed by atoms with Gasteiger partial charge in [0.15, 0.2) is 0 Å². The van der Waals surface area contributed by atoms with Crippen molar-refractivity contribution in [3.05, 3.63) is 32.7 Å². The van der Waals surface area contributed by atoms with Crippen LogP contribution in [0.5, 0.6) is 0 Å². The third kappa shape index (κ3) is 2.72. The van der Waals surface area contributed by atoms with Gasteiger partial charge in [0.05, 0.1) is 0 Å². The number of hydrogen-bond acceptors (Lipinski definition) is 4. The highest BCUT2D eigenvalue weighted by atomic mass is 79.9. The third-order valence-corrected chi connectivity index (χ3v) is 2.05. The maximum atomic E-state index is 11.5. The lowest BCUT2D eigenvalue weighted by atomic mass is 10.3. The van der Waals surface area contributed by atoms with Crippen LogP contribution in [0.4, 0.5) is 5.82 Å². The average Bonchev–Trinajstić information content (AvgIpc) is 2.46. The van der Waals surface area contributed by atoms with Gasteiger partial charge in [-0.25, -0.2) is 4.57 Å². The minimum absolute atomic E-state index is 0.122. The highest BCUT2D eigenvalue weighted by Crippen LogP contribution is 2.16. The standard InChI is InChI=1S/C8H8BrN3O3/c1-5(2)3-7(13)11-4-6(12(14)15)10-8(11)9/h3-4H,1-2H3. The second kappa shape index (κ2) is 4.35. The summed E-state index contributed by atoms with van der Waals surface area (Å²) in [6, 6.07) is 0. The van der Waals surface area contributed by atoms with E-state index in [1.807, 2.05) is 0 Å². The Morgan fingerprint density at radius 3 is 2.67 bits per heavy atom. The van der Waals surface area contributed by atoms with Crippen molar-refractivity contribution in [1.29, 1.82) is 0 Å². The van der Waals surface area contributed by atoms with Gasteiger partial charge in [-0.2, -0.15) is 0 Å². The minimum atomic E-state index is -0.656. The summed E-state index contributed by atoms with van der Waals surface area (Å²) in [5, 5.41) is 10.4. The van der Waals surface area contributed by atoms with Crippen LogP contribution in [0.3, 0.4) is 0 Å². The SMILES string of the molecule is CC(C)=CC(=O)n1cc([N+](=O)[O-])nc1Br. The summed E-state index contributed by atoms with van der Waals surface area (Å²) in [6.07, 6.45) is 2.45. The molecule has 0 spiro atoms. The van der Waals surface area contributed by atoms with Gasteiger partial charge in [0.1, 0.15) is 6.20 Å². The fourth-order valence-electron chi connectivity index (χ4n) is 0.905. The molecule has 0 unspecified atom stereocenters. The molecule has 1 aromatic heterocycles. The lowest BCUT2D eigenvalue weighted by molar-refractivity contribution is -0.389. The molecular formula is C8H8BrN3O3. The highest BCUT2D eigenvalue weighted by Gasteiger charge is 2.19. The van der Waals surface area contributed by atoms with Gasteiger partial charge in [-0.15, -0.1) is 0 Å². The Labute approximate surface area is 93.9 Å². The second-order valence-electron chi connectivity index (χ2n) is 3.06. The molecule has 1 heterocycles. The van der Waals surface area contributed by atoms with E-state index >= 15 is 0 Å². The number of carbonyl (C=O) groups excluding carboxylic acids is 1. The topological polar surface area (TPSA) is 78.0 Å². The third-order valence-electron chi connectivity index (χ3n) is 1.49. The van der Waals surface area contributed by atoms with E-state index in [1.165, 1.54) is 6.08 Å². The van der Waals surface area contributed by atoms with Gasteiger partial charge in [0.2, 0.25) is 0 Å². The van der Waals surface area contributed by atoms with E-state index in [0.717, 1.165) is 16.3 Å². The summed E-state index contributed by atoms with van der Waals surface area (Å²) in [7, 11) is 0. The van der Waals surface area contributed by atoms with Gasteiger partial charge in [-0.3, -0.25) is 4.79 Å². The van der Waals surface area contributed by atoms with E-state index < -0.39 is 4.92 Å². The molecule has 1 aromatic rings. The average molecular weight is 274 g/mol. The summed E-state index contributed by atoms with van der Waals surface area (Å²) < 4.78 is 1.20. The number of aromatic nitrogens is 2. The van der Waals surface area contributed by atoms with Crippen LogP contribution in [0.15, 0.2) is 22.6 Å². The van der Waals surface area contributed by atoms with E-state index in [-0.39, 0.29) is 16.5 Å². The normalized spacial score (nSPS) is 9.80. The van der Waals surface area contributed by atoms with Crippen LogP contribution in [-0.4, -0.2) is 20.4 Å². The molecule has 1 rings (SSSR count). The zero-order valence-electron chi connectivity index (χ0n) is 8.10. The number of rotatable bonds is 2. The van der Waals surface area contributed by atoms with Crippen molar-refractivity contribution in [2.24, 2.45) is 0 Å². The number of nitro groups is 1. The molecule has 15 heavy (non-hydrogen) atoms. The van der Waals surface area contributed by atoms with Gasteiger partial charge < -0.3 is 10.1 Å². The van der Waals surface area contributed by atoms with Gasteiger partial charge >= 0.3 is 5.82 Å². The quantitative estimate of drug-likeness (QED) is 0.470. The molecule has 0 saturated heterocycles. The molecule has 0 amide bonds. The second-order valence-corrected chi connectivity index (χ2v) is 3.76. The van der Waals surface area contributed by atoms with Crippen LogP contribution in [0.25, 0.3) is 0 Å². The smallest absolute Gasteiger partial charge is 0.358 e. The predicted octanol–water partition coefficient (Wildman–Crippen LogP) is 2.16. The van der Waals surface area contributed by atoms with Crippen LogP contribution >= 0.6 is 15.9 Å². The number of allylic oxidation sites excluding steroid dienone is 2. The lowest BCUT2D eigenvalue weighted by Gasteiger charge is -1.94. The van der Waals surface area contributed by atoms with Crippen molar-refractivity contribution in [3.8, 4) is 0 Å². The number of carbonyl (C=O) groups is 1. The summed E-state index contributed by atoms with van der Waals surface area (Å²) in [5.41, 5.74) is 0.809. The monoisotopic (exact) mass is 273 g/mol. The highest BCUT2D eigenvalue weighted by molar-refractivity contribution is 9.10. The summed E-state index contributed by atoms with van der Waals surface area (Å²) >= 11 is 2.97. The lowest BCUT2D eigenvalue weighted by Crippen LogP contribution is -2.06. The van der Waals surface area contributed by atoms with Gasteiger partial charge in [0.25, 0.3) is 10.6 Å². The fraction of sp³-hybridized carbons (Fsp3) is 0.250. The minimum Gasteiger partial charge on any atom is -0.358 e. The molecule has 0 radical (unpaired) electrons. The van der Waals surface area contributed by atoms with E-state index in [0.29, 0.717) is 0 Å². The zero-order valence-corrected chi connectivity index (χ0v) is 9.69. The Morgan fingerprint density at radius 2 is 2.27 bits per heavy atom. The maximum absolute atomic E-state index is 11.5. The van der Waals surface area contributed by atoms with Crippen molar-refractivity contribution in [3.63, 3.8) is 0 Å². The molecule has 0 aliphatic carbocycles. The van der Waals surface area contributed by atoms with Crippen molar-refractivity contribution in [2.75, 3.05) is 0 Å². The van der Waals surface area contributed by atoms with Gasteiger partial charge in [-0.05, 0) is 23.8 Å². The molecule has 0 fully saturated rings. The van der Waals surface area contributed by atoms with Crippen molar-refractivity contribution < 1.29 is 9.72 Å². The van der Waals surface area contributed by atoms with E-state index in [1.54, 1.807) is 13.8 Å². The van der Waals surface area contributed by atoms with Crippen LogP contribution in [0.2, 0.25) is 0 Å². The largest absolute Gasteiger partial charge is 0.383 e. The molecular weight excluding hydrogens is 266 g/mol. The van der Waals surface area contributed by atoms with Gasteiger partial charge in [0, 0.05) is 22.0 Å². The Kier molecular flexibility index (Phi) is 3.35. The van der Waals surface area contributed by atoms with Crippen LogP contribution in [0.1, 0.15) is 18.6 Å². The summed E-state index contributed by atoms with van der Waals surface area (Å²) in [4.78, 5) is 24.8. The Balaban J connectivity index is 3.10. The fourth-order valence-corrected chi connectivity index (χ4v) is 1.36. The van der Waals surface area contributed by atoms with E-state index in [9.17, 15) is 14.9 Å². The van der Waals surface area contributed by atoms with Crippen LogP contribution < -0.4 is 0 Å². The van der Waals surface area contributed by atoms with Crippen molar-refractivity contribution in [2.45, 2.75) is 13.8 Å². The molecule has 0 bridgehead atoms. The first-order valence-electron chi connectivity index (χ1n) is 4.00. The molecule has 0 aliphatic rings. The summed E-state index contributed by atoms with van der Waals surface area (Å²) in [5.74, 6) is -0.736. The molecule has 6 nitrogen and oxygen atoms in total. The number of hydrogen-bond donors (Lipinski definition) is 0. The Morgan fingerprint density at radius 1 is 1.67 bits per heavy atom. The van der Waals surface area contributed by atoms with Gasteiger partial charge in [-0.1, -0.05) is 5.57 Å². The van der Waals surface area contributed by atoms with Crippen molar-refractivity contribution >= 4 is 27.7 Å². The molecule has 0 saturated carbocycles. The van der Waals surface area contributed by atoms with Crippen molar-refractivity contribution in [1.82, 2.24) is 9.55 Å². The zero-order chi connectivity index (χ0) is 11.6. The summed E-state index contributed by atoms with van der Waals surface area (Å²) in [6.45, 7) is 3.52. The Hall–Kier alpha value is -1.50. The molecule has 0 aliphatic heterocycles.